The molecule has 1 rings (SSSR count). The van der Waals surface area contributed by atoms with Crippen LogP contribution < -0.4 is 15.8 Å². The molecule has 2 unspecified atom stereocenters. The quantitative estimate of drug-likeness (QED) is 0.783. The van der Waals surface area contributed by atoms with Crippen molar-refractivity contribution in [1.82, 2.24) is 0 Å². The molecule has 0 fully saturated rings. The van der Waals surface area contributed by atoms with Crippen molar-refractivity contribution in [3.05, 3.63) is 24.3 Å². The van der Waals surface area contributed by atoms with E-state index in [2.05, 4.69) is 5.32 Å². The van der Waals surface area contributed by atoms with Gasteiger partial charge in [-0.3, -0.25) is 4.79 Å². The summed E-state index contributed by atoms with van der Waals surface area (Å²) in [5.41, 5.74) is 6.27. The molecule has 0 spiro atoms. The van der Waals surface area contributed by atoms with Crippen LogP contribution >= 0.6 is 0 Å². The van der Waals surface area contributed by atoms with Crippen LogP contribution in [0.4, 0.5) is 5.69 Å². The van der Waals surface area contributed by atoms with Crippen molar-refractivity contribution >= 4 is 21.4 Å². The second-order valence-electron chi connectivity index (χ2n) is 5.14. The Bertz CT molecular complexity index is 584. The summed E-state index contributed by atoms with van der Waals surface area (Å²) in [5, 5.41) is 2.75. The summed E-state index contributed by atoms with van der Waals surface area (Å²) in [6.45, 7) is 3.61. The Morgan fingerprint density at radius 3 is 2.62 bits per heavy atom. The highest BCUT2D eigenvalue weighted by Crippen LogP contribution is 2.18. The molecule has 7 heteroatoms. The van der Waals surface area contributed by atoms with Gasteiger partial charge in [-0.15, -0.1) is 0 Å². The lowest BCUT2D eigenvalue weighted by molar-refractivity contribution is -0.119. The van der Waals surface area contributed by atoms with Crippen LogP contribution in [0, 0.1) is 5.92 Å². The molecule has 0 saturated heterocycles. The van der Waals surface area contributed by atoms with Gasteiger partial charge in [0.05, 0.1) is 11.7 Å². The predicted molar refractivity (Wildman–Crippen MR) is 83.1 cm³/mol. The number of nitrogens with two attached hydrogens (primary N) is 1. The third-order valence-corrected chi connectivity index (χ3v) is 3.93. The number of carbonyl (C=O) groups excluding carboxylic acids is 1. The zero-order valence-corrected chi connectivity index (χ0v) is 13.3. The van der Waals surface area contributed by atoms with Crippen LogP contribution in [0.1, 0.15) is 13.8 Å². The lowest BCUT2D eigenvalue weighted by Gasteiger charge is -2.15. The van der Waals surface area contributed by atoms with Gasteiger partial charge < -0.3 is 15.8 Å². The number of hydrogen-bond acceptors (Lipinski definition) is 5. The van der Waals surface area contributed by atoms with E-state index in [0.29, 0.717) is 11.4 Å². The second kappa shape index (κ2) is 7.42. The van der Waals surface area contributed by atoms with Gasteiger partial charge in [-0.25, -0.2) is 8.42 Å². The van der Waals surface area contributed by atoms with E-state index < -0.39 is 9.84 Å². The Labute approximate surface area is 125 Å². The van der Waals surface area contributed by atoms with Crippen LogP contribution in [-0.4, -0.2) is 39.0 Å². The van der Waals surface area contributed by atoms with Gasteiger partial charge in [0, 0.05) is 24.1 Å². The Morgan fingerprint density at radius 1 is 1.38 bits per heavy atom. The Morgan fingerprint density at radius 2 is 2.05 bits per heavy atom. The van der Waals surface area contributed by atoms with Crippen molar-refractivity contribution in [2.24, 2.45) is 11.7 Å². The number of ether oxygens (including phenoxy) is 1. The van der Waals surface area contributed by atoms with Gasteiger partial charge >= 0.3 is 0 Å². The van der Waals surface area contributed by atoms with Gasteiger partial charge in [0.2, 0.25) is 5.91 Å². The van der Waals surface area contributed by atoms with Crippen LogP contribution in [0.5, 0.6) is 5.75 Å². The van der Waals surface area contributed by atoms with Crippen molar-refractivity contribution in [2.75, 3.05) is 23.9 Å². The molecular weight excluding hydrogens is 292 g/mol. The highest BCUT2D eigenvalue weighted by atomic mass is 32.2. The fourth-order valence-electron chi connectivity index (χ4n) is 1.47. The third kappa shape index (κ3) is 6.59. The molecule has 3 N–H and O–H groups in total. The maximum absolute atomic E-state index is 11.9. The molecule has 0 aliphatic rings. The molecule has 0 saturated carbocycles. The van der Waals surface area contributed by atoms with Crippen molar-refractivity contribution < 1.29 is 17.9 Å². The van der Waals surface area contributed by atoms with Crippen molar-refractivity contribution in [3.63, 3.8) is 0 Å². The summed E-state index contributed by atoms with van der Waals surface area (Å²) in [7, 11) is -3.05. The molecule has 2 atom stereocenters. The monoisotopic (exact) mass is 314 g/mol. The van der Waals surface area contributed by atoms with Crippen LogP contribution in [0.2, 0.25) is 0 Å². The summed E-state index contributed by atoms with van der Waals surface area (Å²) in [6.07, 6.45) is 1.16. The van der Waals surface area contributed by atoms with E-state index in [1.54, 1.807) is 38.1 Å². The largest absolute Gasteiger partial charge is 0.492 e. The average molecular weight is 314 g/mol. The molecule has 6 nitrogen and oxygen atoms in total. The minimum absolute atomic E-state index is 0.0503. The van der Waals surface area contributed by atoms with Gasteiger partial charge in [-0.2, -0.15) is 0 Å². The molecule has 0 bridgehead atoms. The number of nitrogens with one attached hydrogen (secondary N) is 1. The number of sulfone groups is 1. The Hall–Kier alpha value is -1.60. The molecule has 0 radical (unpaired) electrons. The average Bonchev–Trinajstić information content (AvgIpc) is 2.36. The lowest BCUT2D eigenvalue weighted by atomic mass is 10.0. The second-order valence-corrected chi connectivity index (χ2v) is 7.40. The van der Waals surface area contributed by atoms with E-state index in [1.807, 2.05) is 0 Å². The van der Waals surface area contributed by atoms with E-state index in [9.17, 15) is 13.2 Å². The molecule has 1 aromatic rings. The molecular formula is C14H22N2O4S. The van der Waals surface area contributed by atoms with Crippen LogP contribution in [0.15, 0.2) is 24.3 Å². The minimum atomic E-state index is -3.05. The number of benzene rings is 1. The highest BCUT2D eigenvalue weighted by Gasteiger charge is 2.17. The van der Waals surface area contributed by atoms with E-state index in [4.69, 9.17) is 10.5 Å². The number of carbonyl (C=O) groups is 1. The third-order valence-electron chi connectivity index (χ3n) is 3.03. The highest BCUT2D eigenvalue weighted by molar-refractivity contribution is 7.90. The summed E-state index contributed by atoms with van der Waals surface area (Å²) in [4.78, 5) is 11.9. The maximum Gasteiger partial charge on any atom is 0.228 e. The van der Waals surface area contributed by atoms with E-state index in [-0.39, 0.29) is 30.2 Å². The fraction of sp³-hybridized carbons (Fsp3) is 0.500. The first-order valence-electron chi connectivity index (χ1n) is 6.66. The fourth-order valence-corrected chi connectivity index (χ4v) is 1.86. The van der Waals surface area contributed by atoms with Crippen LogP contribution in [0.3, 0.4) is 0 Å². The first-order valence-corrected chi connectivity index (χ1v) is 8.72. The molecule has 1 aromatic carbocycles. The first kappa shape index (κ1) is 17.5. The van der Waals surface area contributed by atoms with Crippen molar-refractivity contribution in [1.29, 1.82) is 0 Å². The summed E-state index contributed by atoms with van der Waals surface area (Å²) < 4.78 is 27.4. The summed E-state index contributed by atoms with van der Waals surface area (Å²) in [5.74, 6) is -0.0197. The summed E-state index contributed by atoms with van der Waals surface area (Å²) >= 11 is 0. The molecule has 21 heavy (non-hydrogen) atoms. The van der Waals surface area contributed by atoms with Gasteiger partial charge in [-0.05, 0) is 19.1 Å². The van der Waals surface area contributed by atoms with Crippen LogP contribution in [0.25, 0.3) is 0 Å². The number of anilines is 1. The molecule has 0 aliphatic heterocycles. The lowest BCUT2D eigenvalue weighted by Crippen LogP contribution is -2.34. The number of hydrogen-bond donors (Lipinski definition) is 2. The smallest absolute Gasteiger partial charge is 0.228 e. The molecule has 0 heterocycles. The van der Waals surface area contributed by atoms with E-state index >= 15 is 0 Å². The predicted octanol–water partition coefficient (Wildman–Crippen LogP) is 1.03. The first-order chi connectivity index (χ1) is 9.69. The van der Waals surface area contributed by atoms with Gasteiger partial charge in [0.1, 0.15) is 12.4 Å². The maximum atomic E-state index is 11.9. The summed E-state index contributed by atoms with van der Waals surface area (Å²) in [6, 6.07) is 6.57. The topological polar surface area (TPSA) is 98.5 Å². The van der Waals surface area contributed by atoms with E-state index in [0.717, 1.165) is 6.26 Å². The zero-order chi connectivity index (χ0) is 16.0. The van der Waals surface area contributed by atoms with Crippen LogP contribution in [-0.2, 0) is 14.6 Å². The number of amides is 1. The van der Waals surface area contributed by atoms with Gasteiger partial charge in [0.25, 0.3) is 0 Å². The van der Waals surface area contributed by atoms with Gasteiger partial charge in [-0.1, -0.05) is 13.0 Å². The molecule has 118 valence electrons. The standard InChI is InChI=1S/C14H22N2O4S/c1-10(11(2)15)14(17)16-12-5-4-6-13(9-12)20-7-8-21(3,18)19/h4-6,9-11H,7-8,15H2,1-3H3,(H,16,17). The zero-order valence-electron chi connectivity index (χ0n) is 12.5. The van der Waals surface area contributed by atoms with Crippen molar-refractivity contribution in [2.45, 2.75) is 19.9 Å². The van der Waals surface area contributed by atoms with Crippen molar-refractivity contribution in [3.8, 4) is 5.75 Å². The van der Waals surface area contributed by atoms with E-state index in [1.165, 1.54) is 0 Å². The minimum Gasteiger partial charge on any atom is -0.492 e. The Balaban J connectivity index is 2.62. The SMILES string of the molecule is CC(N)C(C)C(=O)Nc1cccc(OCCS(C)(=O)=O)c1. The normalized spacial score (nSPS) is 14.3. The molecule has 0 aliphatic carbocycles. The molecule has 0 aromatic heterocycles. The molecule has 1 amide bonds. The number of rotatable bonds is 7. The van der Waals surface area contributed by atoms with Gasteiger partial charge in [0.15, 0.2) is 9.84 Å². The Kier molecular flexibility index (Phi) is 6.17.